The number of hydrogen-bond donors (Lipinski definition) is 2. The third kappa shape index (κ3) is 21.3. The largest absolute Gasteiger partial charge is 0.168 e. The molecule has 0 spiro atoms. The third-order valence-corrected chi connectivity index (χ3v) is 2.38. The van der Waals surface area contributed by atoms with E-state index < -0.39 is 11.9 Å². The zero-order valence-electron chi connectivity index (χ0n) is 15.8. The van der Waals surface area contributed by atoms with Crippen LogP contribution in [-0.4, -0.2) is 29.8 Å². The first kappa shape index (κ1) is 32.9. The van der Waals surface area contributed by atoms with Crippen molar-refractivity contribution in [1.29, 1.82) is 0 Å². The van der Waals surface area contributed by atoms with Gasteiger partial charge in [-0.15, -0.1) is 48.9 Å². The van der Waals surface area contributed by atoms with Gasteiger partial charge in [-0.3, -0.25) is 6.08 Å². The van der Waals surface area contributed by atoms with Crippen LogP contribution in [0.15, 0.2) is 60.7 Å². The number of allylic oxidation sites excluding steroid dienone is 4. The molecule has 0 aliphatic heterocycles. The molecule has 2 N–H and O–H groups in total. The summed E-state index contributed by atoms with van der Waals surface area (Å²) in [6, 6.07) is 14.7. The Kier molecular flexibility index (Phi) is 28.6. The Morgan fingerprint density at radius 2 is 1.57 bits per heavy atom. The van der Waals surface area contributed by atoms with Gasteiger partial charge in [0.1, 0.15) is 0 Å². The van der Waals surface area contributed by atoms with E-state index in [0.29, 0.717) is 0 Å². The molecule has 0 saturated heterocycles. The number of carboxylic acid groups (broad SMARTS) is 2. The molecular formula is C22H22O4SiTi-4. The molecule has 146 valence electrons. The number of carbonyl (C=O) groups is 2. The maximum Gasteiger partial charge on any atom is -0.0809 e. The Bertz CT molecular complexity index is 744. The summed E-state index contributed by atoms with van der Waals surface area (Å²) in [6.45, 7) is 0. The molecule has 0 fully saturated rings. The summed E-state index contributed by atoms with van der Waals surface area (Å²) in [6.07, 6.45) is 18.6. The Morgan fingerprint density at radius 3 is 1.89 bits per heavy atom. The average molecular weight is 426 g/mol. The molecular weight excluding hydrogens is 404 g/mol. The molecule has 3 rings (SSSR count). The van der Waals surface area contributed by atoms with Gasteiger partial charge in [0.2, 0.25) is 0 Å². The van der Waals surface area contributed by atoms with Gasteiger partial charge in [-0.1, -0.05) is 6.07 Å². The van der Waals surface area contributed by atoms with E-state index >= 15 is 0 Å². The van der Waals surface area contributed by atoms with Gasteiger partial charge < -0.3 is 25.1 Å². The summed E-state index contributed by atoms with van der Waals surface area (Å²) in [5.41, 5.74) is 0. The second-order valence-corrected chi connectivity index (χ2v) is 4.06. The van der Waals surface area contributed by atoms with Crippen LogP contribution in [0.2, 0.25) is 0 Å². The predicted molar refractivity (Wildman–Crippen MR) is 113 cm³/mol. The van der Waals surface area contributed by atoms with Crippen LogP contribution in [0.1, 0.15) is 6.42 Å². The topological polar surface area (TPSA) is 74.6 Å². The van der Waals surface area contributed by atoms with Crippen LogP contribution in [0.3, 0.4) is 0 Å². The van der Waals surface area contributed by atoms with Crippen LogP contribution < -0.4 is 0 Å². The first-order valence-corrected chi connectivity index (χ1v) is 9.81. The van der Waals surface area contributed by atoms with E-state index in [0.717, 1.165) is 6.42 Å². The fraction of sp³-hybridized carbons (Fsp3) is 0.0455. The van der Waals surface area contributed by atoms with Crippen molar-refractivity contribution in [2.24, 2.45) is 0 Å². The molecule has 0 saturated carbocycles. The minimum Gasteiger partial charge on any atom is -0.168 e. The van der Waals surface area contributed by atoms with E-state index in [4.69, 9.17) is 19.8 Å². The van der Waals surface area contributed by atoms with E-state index in [-0.39, 0.29) is 14.9 Å². The SMILES string of the molecule is C#CC(=O)O.C#CC(=O)O.[C-]1=CC=CC1.[CH3-].[CH3-].[Si]=[Ti].c1ccc2[cH-]ccc2c1. The molecule has 2 radical (unpaired) electrons. The molecule has 28 heavy (non-hydrogen) atoms. The van der Waals surface area contributed by atoms with Crippen molar-refractivity contribution < 1.29 is 39.0 Å². The van der Waals surface area contributed by atoms with Crippen molar-refractivity contribution in [1.82, 2.24) is 0 Å². The Labute approximate surface area is 181 Å². The standard InChI is InChI=1S/C9H7.C5H5.2C3H2O2.2CH3.Si.Ti/c1-2-5-9-7-3-6-8(9)4-1;1-2-4-5-3-1;2*1-2-3(4)5;;;;/h1-7H;1-3H,4H2;2*1H,(H,4,5);2*1H3;;/q2*-1;;;2*-1;;. The van der Waals surface area contributed by atoms with Crippen LogP contribution in [0.5, 0.6) is 0 Å². The number of benzene rings is 1. The maximum atomic E-state index is 9.13. The van der Waals surface area contributed by atoms with E-state index in [9.17, 15) is 0 Å². The number of carboxylic acids is 2. The maximum absolute atomic E-state index is 9.13. The molecule has 0 aromatic heterocycles. The van der Waals surface area contributed by atoms with Gasteiger partial charge in [-0.25, -0.2) is 21.7 Å². The van der Waals surface area contributed by atoms with Gasteiger partial charge in [-0.2, -0.15) is 23.6 Å². The zero-order valence-corrected chi connectivity index (χ0v) is 18.4. The number of terminal acetylenes is 2. The van der Waals surface area contributed by atoms with Crippen molar-refractivity contribution in [2.45, 2.75) is 6.42 Å². The minimum absolute atomic E-state index is 0. The molecule has 0 amide bonds. The first-order valence-electron chi connectivity index (χ1n) is 6.97. The number of rotatable bonds is 0. The number of aliphatic carboxylic acids is 2. The number of fused-ring (bicyclic) bond motifs is 1. The van der Waals surface area contributed by atoms with E-state index in [1.54, 1.807) is 19.2 Å². The molecule has 2 aromatic carbocycles. The van der Waals surface area contributed by atoms with Crippen molar-refractivity contribution >= 4 is 30.3 Å². The van der Waals surface area contributed by atoms with Gasteiger partial charge in [0.05, 0.1) is 0 Å². The Morgan fingerprint density at radius 1 is 1.07 bits per heavy atom. The summed E-state index contributed by atoms with van der Waals surface area (Å²) in [5, 5.41) is 17.6. The van der Waals surface area contributed by atoms with Crippen LogP contribution in [0, 0.1) is 45.6 Å². The van der Waals surface area contributed by atoms with Gasteiger partial charge in [-0.05, 0) is 0 Å². The number of hydrogen-bond acceptors (Lipinski definition) is 2. The van der Waals surface area contributed by atoms with Gasteiger partial charge in [0.25, 0.3) is 0 Å². The van der Waals surface area contributed by atoms with Gasteiger partial charge >= 0.3 is 38.7 Å². The molecule has 0 heterocycles. The summed E-state index contributed by atoms with van der Waals surface area (Å²) < 4.78 is 0. The second kappa shape index (κ2) is 24.3. The summed E-state index contributed by atoms with van der Waals surface area (Å²) >= 11 is 1.81. The van der Waals surface area contributed by atoms with Gasteiger partial charge in [0, 0.05) is 11.8 Å². The molecule has 0 bridgehead atoms. The molecule has 0 unspecified atom stereocenters. The average Bonchev–Trinajstić information content (AvgIpc) is 3.38. The quantitative estimate of drug-likeness (QED) is 0.382. The fourth-order valence-corrected chi connectivity index (χ4v) is 1.41. The zero-order chi connectivity index (χ0) is 20.2. The smallest absolute Gasteiger partial charge is 0.0809 e. The normalized spacial score (nSPS) is 8.46. The van der Waals surface area contributed by atoms with Crippen LogP contribution in [-0.2, 0) is 28.8 Å². The van der Waals surface area contributed by atoms with Crippen LogP contribution in [0.4, 0.5) is 0 Å². The first-order chi connectivity index (χ1) is 12.5. The molecule has 1 aliphatic rings. The van der Waals surface area contributed by atoms with E-state index in [1.165, 1.54) is 22.6 Å². The van der Waals surface area contributed by atoms with Crippen molar-refractivity contribution in [3.05, 3.63) is 81.6 Å². The third-order valence-electron chi connectivity index (χ3n) is 2.38. The second-order valence-electron chi connectivity index (χ2n) is 4.06. The Balaban J connectivity index is -0.000000136. The molecule has 0 atom stereocenters. The minimum atomic E-state index is -1.22. The summed E-state index contributed by atoms with van der Waals surface area (Å²) in [7, 11) is 2.97. The predicted octanol–water partition coefficient (Wildman–Crippen LogP) is 3.79. The molecule has 4 nitrogen and oxygen atoms in total. The monoisotopic (exact) mass is 426 g/mol. The van der Waals surface area contributed by atoms with Crippen molar-refractivity contribution in [2.75, 3.05) is 0 Å². The Hall–Kier alpha value is -2.70. The van der Waals surface area contributed by atoms with Crippen LogP contribution >= 0.6 is 0 Å². The van der Waals surface area contributed by atoms with Gasteiger partial charge in [0.15, 0.2) is 0 Å². The molecule has 6 heteroatoms. The summed E-state index contributed by atoms with van der Waals surface area (Å²) in [4.78, 5) is 18.3. The van der Waals surface area contributed by atoms with Crippen molar-refractivity contribution in [3.8, 4) is 24.7 Å². The molecule has 1 aliphatic carbocycles. The van der Waals surface area contributed by atoms with E-state index in [1.807, 2.05) is 12.2 Å². The van der Waals surface area contributed by atoms with Crippen molar-refractivity contribution in [3.63, 3.8) is 0 Å². The fourth-order valence-electron chi connectivity index (χ4n) is 1.41. The van der Waals surface area contributed by atoms with Crippen LogP contribution in [0.25, 0.3) is 10.8 Å². The van der Waals surface area contributed by atoms with E-state index in [2.05, 4.69) is 75.1 Å². The summed E-state index contributed by atoms with van der Waals surface area (Å²) in [5.74, 6) is 0.454. The molecule has 2 aromatic rings.